The fraction of sp³-hybridized carbons (Fsp3) is 0.714. The number of unbranched alkanes of at least 4 members (excludes halogenated alkanes) is 2. The molecule has 1 aliphatic heterocycles. The van der Waals surface area contributed by atoms with E-state index < -0.39 is 11.9 Å². The van der Waals surface area contributed by atoms with E-state index in [2.05, 4.69) is 4.90 Å². The molecule has 0 radical (unpaired) electrons. The van der Waals surface area contributed by atoms with E-state index in [1.165, 1.54) is 6.92 Å². The highest BCUT2D eigenvalue weighted by atomic mass is 16.5. The second-order valence-corrected chi connectivity index (χ2v) is 4.98. The fourth-order valence-electron chi connectivity index (χ4n) is 2.22. The van der Waals surface area contributed by atoms with Gasteiger partial charge in [-0.2, -0.15) is 0 Å². The van der Waals surface area contributed by atoms with Gasteiger partial charge in [-0.15, -0.1) is 0 Å². The summed E-state index contributed by atoms with van der Waals surface area (Å²) in [5.74, 6) is -2.28. The first-order chi connectivity index (χ1) is 9.52. The molecule has 0 amide bonds. The molecule has 0 aromatic heterocycles. The molecule has 6 nitrogen and oxygen atoms in total. The van der Waals surface area contributed by atoms with E-state index in [4.69, 9.17) is 14.9 Å². The van der Waals surface area contributed by atoms with E-state index in [0.717, 1.165) is 45.7 Å². The predicted octanol–water partition coefficient (Wildman–Crippen LogP) is 1.36. The Morgan fingerprint density at radius 3 is 2.25 bits per heavy atom. The Labute approximate surface area is 119 Å². The Hall–Kier alpha value is -1.40. The molecular formula is C14H23NO5. The molecule has 2 N–H and O–H groups in total. The van der Waals surface area contributed by atoms with Crippen molar-refractivity contribution < 1.29 is 24.5 Å². The molecule has 1 rings (SSSR count). The summed E-state index contributed by atoms with van der Waals surface area (Å²) < 4.78 is 5.27. The molecule has 0 unspecified atom stereocenters. The molecule has 114 valence electrons. The summed E-state index contributed by atoms with van der Waals surface area (Å²) in [6.45, 7) is 5.82. The molecule has 0 saturated carbocycles. The molecule has 1 heterocycles. The smallest absolute Gasteiger partial charge is 0.332 e. The number of rotatable bonds is 8. The van der Waals surface area contributed by atoms with Gasteiger partial charge in [0, 0.05) is 24.2 Å². The first-order valence-electron chi connectivity index (χ1n) is 6.99. The Bertz CT molecular complexity index is 372. The highest BCUT2D eigenvalue weighted by Gasteiger charge is 2.16. The number of aliphatic carboxylic acids is 2. The topological polar surface area (TPSA) is 87.1 Å². The van der Waals surface area contributed by atoms with E-state index in [-0.39, 0.29) is 11.1 Å². The maximum Gasteiger partial charge on any atom is 0.332 e. The second-order valence-electron chi connectivity index (χ2n) is 4.98. The highest BCUT2D eigenvalue weighted by Crippen LogP contribution is 2.14. The van der Waals surface area contributed by atoms with Crippen molar-refractivity contribution in [2.45, 2.75) is 32.6 Å². The van der Waals surface area contributed by atoms with Crippen molar-refractivity contribution in [3.8, 4) is 0 Å². The van der Waals surface area contributed by atoms with E-state index in [9.17, 15) is 9.59 Å². The number of nitrogens with zero attached hydrogens (tertiary/aromatic N) is 1. The largest absolute Gasteiger partial charge is 0.478 e. The van der Waals surface area contributed by atoms with Crippen molar-refractivity contribution >= 4 is 11.9 Å². The van der Waals surface area contributed by atoms with Crippen LogP contribution >= 0.6 is 0 Å². The van der Waals surface area contributed by atoms with Crippen molar-refractivity contribution in [2.75, 3.05) is 32.8 Å². The lowest BCUT2D eigenvalue weighted by molar-refractivity contribution is -0.136. The SMILES string of the molecule is CC(C(=O)O)=C(CCCCCN1CCOCC1)C(=O)O. The van der Waals surface area contributed by atoms with E-state index >= 15 is 0 Å². The lowest BCUT2D eigenvalue weighted by Gasteiger charge is -2.26. The Morgan fingerprint density at radius 1 is 1.05 bits per heavy atom. The third-order valence-electron chi connectivity index (χ3n) is 3.54. The van der Waals surface area contributed by atoms with Gasteiger partial charge in [0.2, 0.25) is 0 Å². The van der Waals surface area contributed by atoms with Crippen LogP contribution in [0.25, 0.3) is 0 Å². The van der Waals surface area contributed by atoms with Gasteiger partial charge in [0.1, 0.15) is 0 Å². The average Bonchev–Trinajstić information content (AvgIpc) is 2.42. The summed E-state index contributed by atoms with van der Waals surface area (Å²) in [4.78, 5) is 24.1. The molecule has 0 aliphatic carbocycles. The fourth-order valence-corrected chi connectivity index (χ4v) is 2.22. The van der Waals surface area contributed by atoms with Gasteiger partial charge in [0.15, 0.2) is 0 Å². The molecular weight excluding hydrogens is 262 g/mol. The summed E-state index contributed by atoms with van der Waals surface area (Å²) >= 11 is 0. The molecule has 0 aromatic carbocycles. The van der Waals surface area contributed by atoms with Crippen LogP contribution in [0.4, 0.5) is 0 Å². The molecule has 1 aliphatic rings. The van der Waals surface area contributed by atoms with Crippen LogP contribution in [0.15, 0.2) is 11.1 Å². The van der Waals surface area contributed by atoms with Crippen LogP contribution in [-0.4, -0.2) is 59.9 Å². The van der Waals surface area contributed by atoms with Crippen molar-refractivity contribution in [1.82, 2.24) is 4.90 Å². The molecule has 0 atom stereocenters. The van der Waals surface area contributed by atoms with Crippen molar-refractivity contribution in [2.24, 2.45) is 0 Å². The zero-order valence-electron chi connectivity index (χ0n) is 11.9. The summed E-state index contributed by atoms with van der Waals surface area (Å²) in [7, 11) is 0. The number of carboxylic acid groups (broad SMARTS) is 2. The standard InChI is InChI=1S/C14H23NO5/c1-11(13(16)17)12(14(18)19)5-3-2-4-6-15-7-9-20-10-8-15/h2-10H2,1H3,(H,16,17)(H,18,19). The van der Waals surface area contributed by atoms with Gasteiger partial charge >= 0.3 is 11.9 Å². The number of carbonyl (C=O) groups is 2. The van der Waals surface area contributed by atoms with Gasteiger partial charge in [-0.25, -0.2) is 9.59 Å². The van der Waals surface area contributed by atoms with E-state index in [1.54, 1.807) is 0 Å². The molecule has 20 heavy (non-hydrogen) atoms. The minimum atomic E-state index is -1.16. The van der Waals surface area contributed by atoms with Crippen LogP contribution < -0.4 is 0 Å². The first kappa shape index (κ1) is 16.7. The van der Waals surface area contributed by atoms with Crippen molar-refractivity contribution in [3.63, 3.8) is 0 Å². The lowest BCUT2D eigenvalue weighted by Crippen LogP contribution is -2.36. The number of hydrogen-bond donors (Lipinski definition) is 2. The minimum Gasteiger partial charge on any atom is -0.478 e. The van der Waals surface area contributed by atoms with Crippen molar-refractivity contribution in [1.29, 1.82) is 0 Å². The summed E-state index contributed by atoms with van der Waals surface area (Å²) in [5.41, 5.74) is -0.0467. The molecule has 1 fully saturated rings. The van der Waals surface area contributed by atoms with Crippen LogP contribution in [-0.2, 0) is 14.3 Å². The summed E-state index contributed by atoms with van der Waals surface area (Å²) in [5, 5.41) is 17.8. The predicted molar refractivity (Wildman–Crippen MR) is 73.7 cm³/mol. The zero-order valence-corrected chi connectivity index (χ0v) is 11.9. The zero-order chi connectivity index (χ0) is 15.0. The van der Waals surface area contributed by atoms with Crippen molar-refractivity contribution in [3.05, 3.63) is 11.1 Å². The second kappa shape index (κ2) is 8.71. The van der Waals surface area contributed by atoms with E-state index in [1.807, 2.05) is 0 Å². The Kier molecular flexibility index (Phi) is 7.25. The Balaban J connectivity index is 2.26. The summed E-state index contributed by atoms with van der Waals surface area (Å²) in [6, 6.07) is 0. The van der Waals surface area contributed by atoms with Gasteiger partial charge in [0.25, 0.3) is 0 Å². The normalized spacial score (nSPS) is 17.6. The minimum absolute atomic E-state index is 0.0175. The number of carboxylic acids is 2. The molecule has 1 saturated heterocycles. The maximum absolute atomic E-state index is 11.0. The lowest BCUT2D eigenvalue weighted by atomic mass is 10.0. The average molecular weight is 285 g/mol. The van der Waals surface area contributed by atoms with Crippen LogP contribution in [0.2, 0.25) is 0 Å². The third kappa shape index (κ3) is 5.71. The van der Waals surface area contributed by atoms with Crippen LogP contribution in [0, 0.1) is 0 Å². The quantitative estimate of drug-likeness (QED) is 0.517. The maximum atomic E-state index is 11.0. The molecule has 6 heteroatoms. The third-order valence-corrected chi connectivity index (χ3v) is 3.54. The van der Waals surface area contributed by atoms with Gasteiger partial charge in [0.05, 0.1) is 13.2 Å². The monoisotopic (exact) mass is 285 g/mol. The Morgan fingerprint density at radius 2 is 1.70 bits per heavy atom. The number of hydrogen-bond acceptors (Lipinski definition) is 4. The number of ether oxygens (including phenoxy) is 1. The van der Waals surface area contributed by atoms with Gasteiger partial charge < -0.3 is 14.9 Å². The first-order valence-corrected chi connectivity index (χ1v) is 6.99. The summed E-state index contributed by atoms with van der Waals surface area (Å²) in [6.07, 6.45) is 2.92. The van der Waals surface area contributed by atoms with Gasteiger partial charge in [-0.3, -0.25) is 4.90 Å². The van der Waals surface area contributed by atoms with Crippen LogP contribution in [0.3, 0.4) is 0 Å². The highest BCUT2D eigenvalue weighted by molar-refractivity contribution is 5.98. The van der Waals surface area contributed by atoms with Crippen LogP contribution in [0.5, 0.6) is 0 Å². The van der Waals surface area contributed by atoms with Gasteiger partial charge in [-0.05, 0) is 32.7 Å². The van der Waals surface area contributed by atoms with Crippen LogP contribution in [0.1, 0.15) is 32.6 Å². The molecule has 0 aromatic rings. The number of morpholine rings is 1. The molecule has 0 bridgehead atoms. The molecule has 0 spiro atoms. The van der Waals surface area contributed by atoms with Gasteiger partial charge in [-0.1, -0.05) is 6.42 Å². The van der Waals surface area contributed by atoms with E-state index in [0.29, 0.717) is 12.8 Å².